The van der Waals surface area contributed by atoms with Crippen LogP contribution in [0.2, 0.25) is 0 Å². The number of aromatic nitrogens is 1. The summed E-state index contributed by atoms with van der Waals surface area (Å²) in [5.41, 5.74) is 0. The first-order valence-corrected chi connectivity index (χ1v) is 8.03. The van der Waals surface area contributed by atoms with Crippen LogP contribution in [0, 0.1) is 0 Å². The molecule has 1 rings (SSSR count). The summed E-state index contributed by atoms with van der Waals surface area (Å²) in [5.74, 6) is 0. The lowest BCUT2D eigenvalue weighted by Crippen LogP contribution is -2.26. The average Bonchev–Trinajstić information content (AvgIpc) is 2.88. The standard InChI is InChI=1S/C14H28N4OS/c1-5-18(9-6-8-17(2)3)14-16-12-13(20-14)11-15-7-10-19-4/h12,15H,5-11H2,1-4H3. The summed E-state index contributed by atoms with van der Waals surface area (Å²) in [6.45, 7) is 7.88. The number of rotatable bonds is 11. The molecule has 6 heteroatoms. The lowest BCUT2D eigenvalue weighted by Gasteiger charge is -2.20. The van der Waals surface area contributed by atoms with Crippen molar-refractivity contribution in [3.05, 3.63) is 11.1 Å². The van der Waals surface area contributed by atoms with Crippen molar-refractivity contribution in [2.75, 3.05) is 58.9 Å². The van der Waals surface area contributed by atoms with Crippen molar-refractivity contribution in [1.29, 1.82) is 0 Å². The van der Waals surface area contributed by atoms with Crippen LogP contribution in [-0.2, 0) is 11.3 Å². The van der Waals surface area contributed by atoms with Gasteiger partial charge < -0.3 is 19.9 Å². The minimum Gasteiger partial charge on any atom is -0.383 e. The number of hydrogen-bond acceptors (Lipinski definition) is 6. The number of anilines is 1. The molecule has 0 fully saturated rings. The second-order valence-corrected chi connectivity index (χ2v) is 6.11. The molecule has 0 aliphatic carbocycles. The summed E-state index contributed by atoms with van der Waals surface area (Å²) in [6, 6.07) is 0. The predicted octanol–water partition coefficient (Wildman–Crippen LogP) is 1.66. The van der Waals surface area contributed by atoms with Gasteiger partial charge in [0.1, 0.15) is 0 Å². The normalized spacial score (nSPS) is 11.2. The predicted molar refractivity (Wildman–Crippen MR) is 86.8 cm³/mol. The quantitative estimate of drug-likeness (QED) is 0.629. The second kappa shape index (κ2) is 10.1. The monoisotopic (exact) mass is 300 g/mol. The van der Waals surface area contributed by atoms with E-state index in [1.54, 1.807) is 18.4 Å². The Hall–Kier alpha value is -0.690. The Morgan fingerprint density at radius 3 is 2.80 bits per heavy atom. The smallest absolute Gasteiger partial charge is 0.185 e. The lowest BCUT2D eigenvalue weighted by atomic mass is 10.4. The fourth-order valence-electron chi connectivity index (χ4n) is 1.88. The number of ether oxygens (including phenoxy) is 1. The molecule has 5 nitrogen and oxygen atoms in total. The number of nitrogens with zero attached hydrogens (tertiary/aromatic N) is 3. The second-order valence-electron chi connectivity index (χ2n) is 5.02. The minimum absolute atomic E-state index is 0.747. The van der Waals surface area contributed by atoms with Crippen LogP contribution in [-0.4, -0.2) is 63.9 Å². The highest BCUT2D eigenvalue weighted by molar-refractivity contribution is 7.15. The maximum atomic E-state index is 5.02. The molecule has 0 aliphatic heterocycles. The van der Waals surface area contributed by atoms with E-state index in [1.807, 2.05) is 6.20 Å². The molecule has 0 amide bonds. The van der Waals surface area contributed by atoms with E-state index >= 15 is 0 Å². The summed E-state index contributed by atoms with van der Waals surface area (Å²) >= 11 is 1.78. The molecule has 0 spiro atoms. The van der Waals surface area contributed by atoms with E-state index in [4.69, 9.17) is 4.74 Å². The zero-order valence-electron chi connectivity index (χ0n) is 13.2. The van der Waals surface area contributed by atoms with Gasteiger partial charge in [-0.05, 0) is 34.0 Å². The lowest BCUT2D eigenvalue weighted by molar-refractivity contribution is 0.199. The fourth-order valence-corrected chi connectivity index (χ4v) is 2.85. The maximum Gasteiger partial charge on any atom is 0.185 e. The number of nitrogens with one attached hydrogen (secondary N) is 1. The van der Waals surface area contributed by atoms with Gasteiger partial charge in [-0.3, -0.25) is 0 Å². The molecule has 1 aromatic rings. The van der Waals surface area contributed by atoms with Crippen LogP contribution in [0.5, 0.6) is 0 Å². The molecule has 0 saturated carbocycles. The van der Waals surface area contributed by atoms with Crippen LogP contribution in [0.3, 0.4) is 0 Å². The molecular formula is C14H28N4OS. The van der Waals surface area contributed by atoms with Crippen molar-refractivity contribution in [3.63, 3.8) is 0 Å². The number of hydrogen-bond donors (Lipinski definition) is 1. The van der Waals surface area contributed by atoms with Crippen LogP contribution < -0.4 is 10.2 Å². The van der Waals surface area contributed by atoms with Gasteiger partial charge in [0.05, 0.1) is 6.61 Å². The van der Waals surface area contributed by atoms with Gasteiger partial charge in [0.25, 0.3) is 0 Å². The fraction of sp³-hybridized carbons (Fsp3) is 0.786. The van der Waals surface area contributed by atoms with E-state index in [2.05, 4.69) is 41.1 Å². The Morgan fingerprint density at radius 1 is 1.35 bits per heavy atom. The molecule has 1 aromatic heterocycles. The Kier molecular flexibility index (Phi) is 8.77. The van der Waals surface area contributed by atoms with Gasteiger partial charge in [-0.15, -0.1) is 11.3 Å². The highest BCUT2D eigenvalue weighted by Crippen LogP contribution is 2.22. The van der Waals surface area contributed by atoms with Gasteiger partial charge in [0.15, 0.2) is 5.13 Å². The first-order chi connectivity index (χ1) is 9.67. The van der Waals surface area contributed by atoms with Crippen molar-refractivity contribution in [2.24, 2.45) is 0 Å². The van der Waals surface area contributed by atoms with Crippen molar-refractivity contribution >= 4 is 16.5 Å². The molecule has 0 aliphatic rings. The molecular weight excluding hydrogens is 272 g/mol. The summed E-state index contributed by atoms with van der Waals surface area (Å²) in [4.78, 5) is 10.4. The molecule has 0 saturated heterocycles. The van der Waals surface area contributed by atoms with Gasteiger partial charge in [-0.25, -0.2) is 4.98 Å². The zero-order valence-corrected chi connectivity index (χ0v) is 14.0. The van der Waals surface area contributed by atoms with E-state index in [1.165, 1.54) is 11.3 Å². The summed E-state index contributed by atoms with van der Waals surface area (Å²) < 4.78 is 5.02. The SMILES string of the molecule is CCN(CCCN(C)C)c1ncc(CNCCOC)s1. The third-order valence-electron chi connectivity index (χ3n) is 3.01. The van der Waals surface area contributed by atoms with Crippen LogP contribution >= 0.6 is 11.3 Å². The zero-order chi connectivity index (χ0) is 14.8. The first kappa shape index (κ1) is 17.4. The Labute approximate surface area is 126 Å². The summed E-state index contributed by atoms with van der Waals surface area (Å²) in [7, 11) is 5.95. The van der Waals surface area contributed by atoms with Gasteiger partial charge in [0.2, 0.25) is 0 Å². The third kappa shape index (κ3) is 6.65. The van der Waals surface area contributed by atoms with Crippen LogP contribution in [0.15, 0.2) is 6.20 Å². The number of thiazole rings is 1. The van der Waals surface area contributed by atoms with E-state index < -0.39 is 0 Å². The van der Waals surface area contributed by atoms with E-state index in [-0.39, 0.29) is 0 Å². The van der Waals surface area contributed by atoms with Crippen LogP contribution in [0.1, 0.15) is 18.2 Å². The van der Waals surface area contributed by atoms with Crippen molar-refractivity contribution < 1.29 is 4.74 Å². The molecule has 116 valence electrons. The average molecular weight is 300 g/mol. The Morgan fingerprint density at radius 2 is 2.15 bits per heavy atom. The van der Waals surface area contributed by atoms with Gasteiger partial charge >= 0.3 is 0 Å². The van der Waals surface area contributed by atoms with Gasteiger partial charge in [-0.2, -0.15) is 0 Å². The third-order valence-corrected chi connectivity index (χ3v) is 4.07. The highest BCUT2D eigenvalue weighted by Gasteiger charge is 2.09. The highest BCUT2D eigenvalue weighted by atomic mass is 32.1. The summed E-state index contributed by atoms with van der Waals surface area (Å²) in [5, 5.41) is 4.49. The largest absolute Gasteiger partial charge is 0.383 e. The van der Waals surface area contributed by atoms with E-state index in [9.17, 15) is 0 Å². The van der Waals surface area contributed by atoms with Crippen molar-refractivity contribution in [1.82, 2.24) is 15.2 Å². The molecule has 0 atom stereocenters. The maximum absolute atomic E-state index is 5.02. The van der Waals surface area contributed by atoms with Crippen LogP contribution in [0.4, 0.5) is 5.13 Å². The van der Waals surface area contributed by atoms with Gasteiger partial charge in [0, 0.05) is 44.4 Å². The van der Waals surface area contributed by atoms with Crippen molar-refractivity contribution in [3.8, 4) is 0 Å². The molecule has 1 N–H and O–H groups in total. The van der Waals surface area contributed by atoms with E-state index in [0.717, 1.165) is 44.5 Å². The molecule has 20 heavy (non-hydrogen) atoms. The molecule has 1 heterocycles. The molecule has 0 unspecified atom stereocenters. The Balaban J connectivity index is 2.38. The number of methoxy groups -OCH3 is 1. The summed E-state index contributed by atoms with van der Waals surface area (Å²) in [6.07, 6.45) is 3.15. The van der Waals surface area contributed by atoms with Crippen LogP contribution in [0.25, 0.3) is 0 Å². The first-order valence-electron chi connectivity index (χ1n) is 7.21. The minimum atomic E-state index is 0.747. The Bertz CT molecular complexity index is 357. The topological polar surface area (TPSA) is 40.6 Å². The van der Waals surface area contributed by atoms with Gasteiger partial charge in [-0.1, -0.05) is 0 Å². The molecule has 0 radical (unpaired) electrons. The molecule has 0 bridgehead atoms. The van der Waals surface area contributed by atoms with E-state index in [0.29, 0.717) is 0 Å². The molecule has 0 aromatic carbocycles. The van der Waals surface area contributed by atoms with Crippen molar-refractivity contribution in [2.45, 2.75) is 19.9 Å².